The molecule has 5 heteroatoms. The van der Waals surface area contributed by atoms with E-state index in [9.17, 15) is 8.42 Å². The van der Waals surface area contributed by atoms with E-state index >= 15 is 0 Å². The maximum Gasteiger partial charge on any atom is 0.241 e. The molecule has 2 rings (SSSR count). The average molecular weight is 310 g/mol. The van der Waals surface area contributed by atoms with Gasteiger partial charge in [0, 0.05) is 11.7 Å². The number of hydrogen-bond acceptors (Lipinski definition) is 3. The maximum atomic E-state index is 12.7. The Bertz CT molecular complexity index is 596. The SMILES string of the molecule is Cc1ccc(N)cc1S(=O)(=O)NC1CCCCC1C(C)C. The standard InChI is InChI=1S/C16H26N2O2S/c1-11(2)14-6-4-5-7-15(14)18-21(19,20)16-10-13(17)9-8-12(16)3/h8-11,14-15,18H,4-7,17H2,1-3H3. The van der Waals surface area contributed by atoms with Gasteiger partial charge in [0.2, 0.25) is 10.0 Å². The predicted octanol–water partition coefficient (Wildman–Crippen LogP) is 3.07. The highest BCUT2D eigenvalue weighted by Gasteiger charge is 2.31. The Labute approximate surface area is 128 Å². The van der Waals surface area contributed by atoms with Gasteiger partial charge in [-0.25, -0.2) is 13.1 Å². The Morgan fingerprint density at radius 1 is 1.24 bits per heavy atom. The summed E-state index contributed by atoms with van der Waals surface area (Å²) in [6.07, 6.45) is 4.30. The highest BCUT2D eigenvalue weighted by Crippen LogP contribution is 2.31. The first kappa shape index (κ1) is 16.3. The molecule has 0 radical (unpaired) electrons. The molecule has 1 saturated carbocycles. The lowest BCUT2D eigenvalue weighted by atomic mass is 9.78. The second kappa shape index (κ2) is 6.36. The number of rotatable bonds is 4. The molecule has 118 valence electrons. The third kappa shape index (κ3) is 3.77. The van der Waals surface area contributed by atoms with Crippen molar-refractivity contribution in [2.45, 2.75) is 57.4 Å². The lowest BCUT2D eigenvalue weighted by Gasteiger charge is -2.34. The molecule has 0 bridgehead atoms. The Kier molecular flexibility index (Phi) is 4.94. The molecule has 3 N–H and O–H groups in total. The number of anilines is 1. The Morgan fingerprint density at radius 2 is 1.90 bits per heavy atom. The molecule has 0 spiro atoms. The third-order valence-electron chi connectivity index (χ3n) is 4.48. The zero-order valence-corrected chi connectivity index (χ0v) is 13.9. The van der Waals surface area contributed by atoms with E-state index in [1.165, 1.54) is 6.42 Å². The summed E-state index contributed by atoms with van der Waals surface area (Å²) in [5, 5.41) is 0. The van der Waals surface area contributed by atoms with Crippen molar-refractivity contribution in [1.29, 1.82) is 0 Å². The molecule has 0 aromatic heterocycles. The van der Waals surface area contributed by atoms with Crippen molar-refractivity contribution < 1.29 is 8.42 Å². The van der Waals surface area contributed by atoms with Gasteiger partial charge in [-0.1, -0.05) is 32.8 Å². The van der Waals surface area contributed by atoms with Gasteiger partial charge in [0.15, 0.2) is 0 Å². The van der Waals surface area contributed by atoms with Crippen molar-refractivity contribution in [3.63, 3.8) is 0 Å². The Balaban J connectivity index is 2.25. The zero-order chi connectivity index (χ0) is 15.6. The zero-order valence-electron chi connectivity index (χ0n) is 13.1. The first-order valence-corrected chi connectivity index (χ1v) is 9.18. The minimum atomic E-state index is -3.51. The van der Waals surface area contributed by atoms with Crippen LogP contribution in [-0.2, 0) is 10.0 Å². The molecular weight excluding hydrogens is 284 g/mol. The quantitative estimate of drug-likeness (QED) is 0.840. The fourth-order valence-electron chi connectivity index (χ4n) is 3.27. The van der Waals surface area contributed by atoms with Gasteiger partial charge in [0.05, 0.1) is 4.90 Å². The second-order valence-electron chi connectivity index (χ2n) is 6.45. The summed E-state index contributed by atoms with van der Waals surface area (Å²) < 4.78 is 28.3. The van der Waals surface area contributed by atoms with Crippen LogP contribution in [0.15, 0.2) is 23.1 Å². The molecule has 2 unspecified atom stereocenters. The lowest BCUT2D eigenvalue weighted by molar-refractivity contribution is 0.226. The van der Waals surface area contributed by atoms with E-state index in [2.05, 4.69) is 18.6 Å². The highest BCUT2D eigenvalue weighted by atomic mass is 32.2. The van der Waals surface area contributed by atoms with Crippen LogP contribution < -0.4 is 10.5 Å². The molecule has 21 heavy (non-hydrogen) atoms. The molecule has 1 aromatic carbocycles. The number of hydrogen-bond donors (Lipinski definition) is 2. The van der Waals surface area contributed by atoms with E-state index < -0.39 is 10.0 Å². The van der Waals surface area contributed by atoms with E-state index in [0.29, 0.717) is 22.4 Å². The van der Waals surface area contributed by atoms with Crippen molar-refractivity contribution in [1.82, 2.24) is 4.72 Å². The summed E-state index contributed by atoms with van der Waals surface area (Å²) in [5.74, 6) is 0.898. The van der Waals surface area contributed by atoms with Crippen molar-refractivity contribution in [3.8, 4) is 0 Å². The van der Waals surface area contributed by atoms with Gasteiger partial charge in [0.25, 0.3) is 0 Å². The molecule has 1 aliphatic carbocycles. The van der Waals surface area contributed by atoms with Crippen LogP contribution in [0.25, 0.3) is 0 Å². The molecule has 4 nitrogen and oxygen atoms in total. The maximum absolute atomic E-state index is 12.7. The van der Waals surface area contributed by atoms with Gasteiger partial charge in [-0.2, -0.15) is 0 Å². The minimum absolute atomic E-state index is 0.0320. The summed E-state index contributed by atoms with van der Waals surface area (Å²) >= 11 is 0. The number of benzene rings is 1. The first-order valence-electron chi connectivity index (χ1n) is 7.69. The Morgan fingerprint density at radius 3 is 2.57 bits per heavy atom. The number of nitrogens with two attached hydrogens (primary N) is 1. The van der Waals surface area contributed by atoms with Gasteiger partial charge in [-0.3, -0.25) is 0 Å². The molecule has 0 saturated heterocycles. The van der Waals surface area contributed by atoms with Crippen LogP contribution >= 0.6 is 0 Å². The predicted molar refractivity (Wildman–Crippen MR) is 86.5 cm³/mol. The fourth-order valence-corrected chi connectivity index (χ4v) is 4.87. The largest absolute Gasteiger partial charge is 0.399 e. The average Bonchev–Trinajstić information content (AvgIpc) is 2.41. The minimum Gasteiger partial charge on any atom is -0.399 e. The van der Waals surface area contributed by atoms with E-state index in [4.69, 9.17) is 5.73 Å². The van der Waals surface area contributed by atoms with Crippen LogP contribution in [0.2, 0.25) is 0 Å². The van der Waals surface area contributed by atoms with Crippen molar-refractivity contribution in [3.05, 3.63) is 23.8 Å². The third-order valence-corrected chi connectivity index (χ3v) is 6.12. The Hall–Kier alpha value is -1.07. The van der Waals surface area contributed by atoms with Crippen molar-refractivity contribution in [2.75, 3.05) is 5.73 Å². The van der Waals surface area contributed by atoms with Gasteiger partial charge in [-0.05, 0) is 49.3 Å². The molecule has 0 heterocycles. The number of sulfonamides is 1. The number of nitrogen functional groups attached to an aromatic ring is 1. The number of nitrogens with one attached hydrogen (secondary N) is 1. The van der Waals surface area contributed by atoms with Crippen LogP contribution in [0, 0.1) is 18.8 Å². The topological polar surface area (TPSA) is 72.2 Å². The van der Waals surface area contributed by atoms with E-state index in [1.807, 2.05) is 0 Å². The van der Waals surface area contributed by atoms with Crippen molar-refractivity contribution >= 4 is 15.7 Å². The molecule has 1 aliphatic rings. The summed E-state index contributed by atoms with van der Waals surface area (Å²) in [6.45, 7) is 6.14. The van der Waals surface area contributed by atoms with E-state index in [0.717, 1.165) is 24.8 Å². The van der Waals surface area contributed by atoms with Gasteiger partial charge in [0.1, 0.15) is 0 Å². The monoisotopic (exact) mass is 310 g/mol. The van der Waals surface area contributed by atoms with Crippen LogP contribution in [0.5, 0.6) is 0 Å². The van der Waals surface area contributed by atoms with Gasteiger partial charge in [-0.15, -0.1) is 0 Å². The second-order valence-corrected chi connectivity index (χ2v) is 8.13. The smallest absolute Gasteiger partial charge is 0.241 e. The molecule has 2 atom stereocenters. The normalized spacial score (nSPS) is 23.4. The lowest BCUT2D eigenvalue weighted by Crippen LogP contribution is -2.44. The molecule has 1 aromatic rings. The van der Waals surface area contributed by atoms with Gasteiger partial charge >= 0.3 is 0 Å². The van der Waals surface area contributed by atoms with Crippen LogP contribution in [0.3, 0.4) is 0 Å². The van der Waals surface area contributed by atoms with Gasteiger partial charge < -0.3 is 5.73 Å². The van der Waals surface area contributed by atoms with Crippen LogP contribution in [-0.4, -0.2) is 14.5 Å². The fraction of sp³-hybridized carbons (Fsp3) is 0.625. The first-order chi connectivity index (χ1) is 9.81. The van der Waals surface area contributed by atoms with Crippen LogP contribution in [0.1, 0.15) is 45.1 Å². The number of aryl methyl sites for hydroxylation is 1. The summed E-state index contributed by atoms with van der Waals surface area (Å²) in [5.41, 5.74) is 6.95. The van der Waals surface area contributed by atoms with E-state index in [-0.39, 0.29) is 6.04 Å². The summed E-state index contributed by atoms with van der Waals surface area (Å²) in [4.78, 5) is 0.301. The molecule has 1 fully saturated rings. The molecular formula is C16H26N2O2S. The molecule has 0 amide bonds. The summed E-state index contributed by atoms with van der Waals surface area (Å²) in [7, 11) is -3.51. The molecule has 0 aliphatic heterocycles. The van der Waals surface area contributed by atoms with Crippen LogP contribution in [0.4, 0.5) is 5.69 Å². The highest BCUT2D eigenvalue weighted by molar-refractivity contribution is 7.89. The van der Waals surface area contributed by atoms with E-state index in [1.54, 1.807) is 25.1 Å². The summed E-state index contributed by atoms with van der Waals surface area (Å²) in [6, 6.07) is 5.06. The van der Waals surface area contributed by atoms with Crippen molar-refractivity contribution in [2.24, 2.45) is 11.8 Å².